The lowest BCUT2D eigenvalue weighted by molar-refractivity contribution is 0.110. The fraction of sp³-hybridized carbons (Fsp3) is 0.375. The maximum Gasteiger partial charge on any atom is 0.131 e. The van der Waals surface area contributed by atoms with Crippen molar-refractivity contribution in [2.24, 2.45) is 5.73 Å². The van der Waals surface area contributed by atoms with Crippen LogP contribution in [0.1, 0.15) is 25.5 Å². The van der Waals surface area contributed by atoms with E-state index in [0.29, 0.717) is 19.8 Å². The lowest BCUT2D eigenvalue weighted by Gasteiger charge is -2.16. The van der Waals surface area contributed by atoms with Gasteiger partial charge in [-0.05, 0) is 19.2 Å². The Morgan fingerprint density at radius 1 is 1.11 bits per heavy atom. The van der Waals surface area contributed by atoms with Gasteiger partial charge >= 0.3 is 0 Å². The number of nitrogens with two attached hydrogens (primary N) is 1. The number of fused-ring (bicyclic) bond motifs is 1. The van der Waals surface area contributed by atoms with Gasteiger partial charge in [0.25, 0.3) is 0 Å². The van der Waals surface area contributed by atoms with E-state index in [1.54, 1.807) is 0 Å². The highest BCUT2D eigenvalue weighted by Crippen LogP contribution is 2.32. The second kappa shape index (κ2) is 6.55. The van der Waals surface area contributed by atoms with E-state index < -0.39 is 0 Å². The molecule has 2 aromatic rings. The number of hydrogen-bond acceptors (Lipinski definition) is 3. The molecule has 0 aromatic heterocycles. The predicted molar refractivity (Wildman–Crippen MR) is 78.5 cm³/mol. The molecule has 0 aliphatic heterocycles. The molecule has 0 saturated carbocycles. The molecule has 0 unspecified atom stereocenters. The summed E-state index contributed by atoms with van der Waals surface area (Å²) in [6.45, 7) is 5.80. The van der Waals surface area contributed by atoms with Crippen LogP contribution in [0.3, 0.4) is 0 Å². The molecule has 2 N–H and O–H groups in total. The van der Waals surface area contributed by atoms with E-state index in [4.69, 9.17) is 15.2 Å². The van der Waals surface area contributed by atoms with Crippen molar-refractivity contribution in [1.82, 2.24) is 0 Å². The Morgan fingerprint density at radius 2 is 1.89 bits per heavy atom. The Kier molecular flexibility index (Phi) is 4.77. The molecule has 0 heterocycles. The zero-order valence-electron chi connectivity index (χ0n) is 11.6. The molecule has 1 atom stereocenters. The van der Waals surface area contributed by atoms with Crippen molar-refractivity contribution < 1.29 is 9.47 Å². The average Bonchev–Trinajstić information content (AvgIpc) is 2.43. The monoisotopic (exact) mass is 259 g/mol. The number of ether oxygens (including phenoxy) is 2. The van der Waals surface area contributed by atoms with Crippen LogP contribution in [0.15, 0.2) is 36.4 Å². The van der Waals surface area contributed by atoms with Crippen LogP contribution in [0, 0.1) is 0 Å². The van der Waals surface area contributed by atoms with Crippen molar-refractivity contribution in [1.29, 1.82) is 0 Å². The Bertz CT molecular complexity index is 537. The molecule has 2 aromatic carbocycles. The van der Waals surface area contributed by atoms with Gasteiger partial charge in [0.05, 0.1) is 6.61 Å². The summed E-state index contributed by atoms with van der Waals surface area (Å²) in [4.78, 5) is 0. The number of benzene rings is 2. The first-order valence-corrected chi connectivity index (χ1v) is 6.71. The highest BCUT2D eigenvalue weighted by molar-refractivity contribution is 5.89. The van der Waals surface area contributed by atoms with Crippen LogP contribution in [0.2, 0.25) is 0 Å². The quantitative estimate of drug-likeness (QED) is 0.810. The van der Waals surface area contributed by atoms with E-state index in [-0.39, 0.29) is 6.04 Å². The smallest absolute Gasteiger partial charge is 0.131 e. The highest BCUT2D eigenvalue weighted by atomic mass is 16.5. The molecule has 3 nitrogen and oxygen atoms in total. The molecule has 0 aliphatic carbocycles. The first kappa shape index (κ1) is 13.8. The van der Waals surface area contributed by atoms with Crippen molar-refractivity contribution in [3.63, 3.8) is 0 Å². The Balaban J connectivity index is 2.33. The van der Waals surface area contributed by atoms with Gasteiger partial charge in [-0.15, -0.1) is 0 Å². The standard InChI is InChI=1S/C16H21NO2/c1-3-18-10-11-19-16-14(12(2)17)9-8-13-6-4-5-7-15(13)16/h4-9,12H,3,10-11,17H2,1-2H3/t12-/m1/s1. The van der Waals surface area contributed by atoms with Crippen LogP contribution < -0.4 is 10.5 Å². The minimum Gasteiger partial charge on any atom is -0.490 e. The lowest BCUT2D eigenvalue weighted by Crippen LogP contribution is -2.11. The largest absolute Gasteiger partial charge is 0.490 e. The van der Waals surface area contributed by atoms with Crippen molar-refractivity contribution in [3.8, 4) is 5.75 Å². The third-order valence-corrected chi connectivity index (χ3v) is 3.08. The van der Waals surface area contributed by atoms with Gasteiger partial charge in [-0.2, -0.15) is 0 Å². The fourth-order valence-electron chi connectivity index (χ4n) is 2.13. The second-order valence-corrected chi connectivity index (χ2v) is 4.54. The van der Waals surface area contributed by atoms with Crippen molar-refractivity contribution in [2.75, 3.05) is 19.8 Å². The first-order chi connectivity index (χ1) is 9.24. The van der Waals surface area contributed by atoms with E-state index in [1.165, 1.54) is 5.39 Å². The molecule has 0 radical (unpaired) electrons. The molecule has 3 heteroatoms. The van der Waals surface area contributed by atoms with Gasteiger partial charge in [0, 0.05) is 23.6 Å². The Labute approximate surface area is 114 Å². The summed E-state index contributed by atoms with van der Waals surface area (Å²) in [5, 5.41) is 2.27. The number of hydrogen-bond donors (Lipinski definition) is 1. The highest BCUT2D eigenvalue weighted by Gasteiger charge is 2.11. The van der Waals surface area contributed by atoms with Crippen LogP contribution in [-0.4, -0.2) is 19.8 Å². The third kappa shape index (κ3) is 3.25. The van der Waals surface area contributed by atoms with Crippen LogP contribution >= 0.6 is 0 Å². The molecular formula is C16H21NO2. The van der Waals surface area contributed by atoms with Gasteiger partial charge in [0.2, 0.25) is 0 Å². The molecule has 2 rings (SSSR count). The second-order valence-electron chi connectivity index (χ2n) is 4.54. The summed E-state index contributed by atoms with van der Waals surface area (Å²) in [6, 6.07) is 12.3. The first-order valence-electron chi connectivity index (χ1n) is 6.71. The summed E-state index contributed by atoms with van der Waals surface area (Å²) in [5.41, 5.74) is 7.06. The summed E-state index contributed by atoms with van der Waals surface area (Å²) in [7, 11) is 0. The molecule has 102 valence electrons. The lowest BCUT2D eigenvalue weighted by atomic mass is 10.0. The predicted octanol–water partition coefficient (Wildman–Crippen LogP) is 3.27. The van der Waals surface area contributed by atoms with Gasteiger partial charge in [0.15, 0.2) is 0 Å². The van der Waals surface area contributed by atoms with Crippen LogP contribution in [0.4, 0.5) is 0 Å². The normalized spacial score (nSPS) is 12.6. The summed E-state index contributed by atoms with van der Waals surface area (Å²) >= 11 is 0. The minimum atomic E-state index is -0.0494. The maximum atomic E-state index is 6.02. The van der Waals surface area contributed by atoms with Gasteiger partial charge in [0.1, 0.15) is 12.4 Å². The van der Waals surface area contributed by atoms with Crippen LogP contribution in [-0.2, 0) is 4.74 Å². The van der Waals surface area contributed by atoms with E-state index in [1.807, 2.05) is 32.0 Å². The molecule has 0 spiro atoms. The molecule has 0 saturated heterocycles. The van der Waals surface area contributed by atoms with E-state index >= 15 is 0 Å². The van der Waals surface area contributed by atoms with E-state index in [0.717, 1.165) is 16.7 Å². The van der Waals surface area contributed by atoms with Gasteiger partial charge < -0.3 is 15.2 Å². The molecule has 0 bridgehead atoms. The van der Waals surface area contributed by atoms with Gasteiger partial charge in [-0.25, -0.2) is 0 Å². The van der Waals surface area contributed by atoms with Crippen molar-refractivity contribution in [2.45, 2.75) is 19.9 Å². The van der Waals surface area contributed by atoms with Gasteiger partial charge in [-0.1, -0.05) is 36.4 Å². The third-order valence-electron chi connectivity index (χ3n) is 3.08. The SMILES string of the molecule is CCOCCOc1c([C@@H](C)N)ccc2ccccc12. The van der Waals surface area contributed by atoms with Crippen molar-refractivity contribution in [3.05, 3.63) is 42.0 Å². The van der Waals surface area contributed by atoms with Gasteiger partial charge in [-0.3, -0.25) is 0 Å². The molecular weight excluding hydrogens is 238 g/mol. The van der Waals surface area contributed by atoms with E-state index in [9.17, 15) is 0 Å². The summed E-state index contributed by atoms with van der Waals surface area (Å²) in [5.74, 6) is 0.882. The molecule has 0 fully saturated rings. The molecule has 19 heavy (non-hydrogen) atoms. The number of rotatable bonds is 6. The Hall–Kier alpha value is -1.58. The zero-order chi connectivity index (χ0) is 13.7. The summed E-state index contributed by atoms with van der Waals surface area (Å²) in [6.07, 6.45) is 0. The zero-order valence-corrected chi connectivity index (χ0v) is 11.6. The van der Waals surface area contributed by atoms with Crippen molar-refractivity contribution >= 4 is 10.8 Å². The van der Waals surface area contributed by atoms with Crippen LogP contribution in [0.5, 0.6) is 5.75 Å². The summed E-state index contributed by atoms with van der Waals surface area (Å²) < 4.78 is 11.2. The Morgan fingerprint density at radius 3 is 2.63 bits per heavy atom. The molecule has 0 aliphatic rings. The average molecular weight is 259 g/mol. The molecule has 0 amide bonds. The maximum absolute atomic E-state index is 6.02. The fourth-order valence-corrected chi connectivity index (χ4v) is 2.13. The van der Waals surface area contributed by atoms with E-state index in [2.05, 4.69) is 18.2 Å². The topological polar surface area (TPSA) is 44.5 Å². The minimum absolute atomic E-state index is 0.0494. The van der Waals surface area contributed by atoms with Crippen LogP contribution in [0.25, 0.3) is 10.8 Å².